The normalized spacial score (nSPS) is 19.4. The summed E-state index contributed by atoms with van der Waals surface area (Å²) in [6.45, 7) is 1.98. The quantitative estimate of drug-likeness (QED) is 0.717. The summed E-state index contributed by atoms with van der Waals surface area (Å²) in [6.07, 6.45) is 9.32. The molecule has 5 rings (SSSR count). The van der Waals surface area contributed by atoms with Gasteiger partial charge in [0.15, 0.2) is 5.65 Å². The Morgan fingerprint density at radius 3 is 3.00 bits per heavy atom. The Bertz CT molecular complexity index is 1080. The third-order valence-corrected chi connectivity index (χ3v) is 6.14. The molecule has 2 aliphatic rings. The van der Waals surface area contributed by atoms with E-state index in [-0.39, 0.29) is 17.4 Å². The number of likely N-dealkylation sites (tertiary alicyclic amines) is 1. The second-order valence-corrected chi connectivity index (χ2v) is 8.04. The van der Waals surface area contributed by atoms with E-state index < -0.39 is 0 Å². The van der Waals surface area contributed by atoms with Crippen molar-refractivity contribution < 1.29 is 4.79 Å². The molecule has 1 N–H and O–H groups in total. The third kappa shape index (κ3) is 3.45. The molecule has 1 aliphatic heterocycles. The summed E-state index contributed by atoms with van der Waals surface area (Å²) in [7, 11) is 0. The summed E-state index contributed by atoms with van der Waals surface area (Å²) >= 11 is 0. The summed E-state index contributed by atoms with van der Waals surface area (Å²) in [5.41, 5.74) is 3.54. The lowest BCUT2D eigenvalue weighted by Crippen LogP contribution is -2.39. The summed E-state index contributed by atoms with van der Waals surface area (Å²) < 4.78 is 3.27. The number of aromatic amines is 1. The molecule has 1 aliphatic carbocycles. The van der Waals surface area contributed by atoms with Gasteiger partial charge in [0.05, 0.1) is 12.2 Å². The van der Waals surface area contributed by atoms with Crippen molar-refractivity contribution >= 4 is 11.6 Å². The van der Waals surface area contributed by atoms with Gasteiger partial charge in [-0.2, -0.15) is 5.10 Å². The standard InChI is InChI=1S/C20H25N7O2/c28-19(7-9-26-13-21-12-22-26)25-8-3-4-14(11-25)17-10-18-23-16-6-2-1-5-15(16)20(29)27(18)24-17/h10,12-14,24H,1-9,11H2/t14-/m1/s1. The molecular formula is C20H25N7O2. The van der Waals surface area contributed by atoms with E-state index in [4.69, 9.17) is 4.98 Å². The van der Waals surface area contributed by atoms with Crippen molar-refractivity contribution in [1.82, 2.24) is 34.3 Å². The molecule has 1 fully saturated rings. The second kappa shape index (κ2) is 7.46. The number of nitrogens with zero attached hydrogens (tertiary/aromatic N) is 6. The number of nitrogens with one attached hydrogen (secondary N) is 1. The highest BCUT2D eigenvalue weighted by atomic mass is 16.2. The van der Waals surface area contributed by atoms with Crippen LogP contribution >= 0.6 is 0 Å². The Hall–Kier alpha value is -2.97. The number of rotatable bonds is 4. The highest BCUT2D eigenvalue weighted by Gasteiger charge is 2.27. The first-order chi connectivity index (χ1) is 14.2. The van der Waals surface area contributed by atoms with Gasteiger partial charge in [-0.1, -0.05) is 0 Å². The highest BCUT2D eigenvalue weighted by molar-refractivity contribution is 5.76. The van der Waals surface area contributed by atoms with Crippen LogP contribution in [0.5, 0.6) is 0 Å². The number of piperidine rings is 1. The molecule has 0 bridgehead atoms. The van der Waals surface area contributed by atoms with Gasteiger partial charge in [-0.05, 0) is 38.5 Å². The predicted molar refractivity (Wildman–Crippen MR) is 106 cm³/mol. The first-order valence-corrected chi connectivity index (χ1v) is 10.4. The first kappa shape index (κ1) is 18.1. The summed E-state index contributed by atoms with van der Waals surface area (Å²) in [4.78, 5) is 36.1. The lowest BCUT2D eigenvalue weighted by Gasteiger charge is -2.32. The fraction of sp³-hybridized carbons (Fsp3) is 0.550. The van der Waals surface area contributed by atoms with Gasteiger partial charge in [0, 0.05) is 42.8 Å². The van der Waals surface area contributed by atoms with E-state index in [0.29, 0.717) is 25.2 Å². The minimum atomic E-state index is 0.0347. The van der Waals surface area contributed by atoms with Crippen LogP contribution in [0.25, 0.3) is 5.65 Å². The van der Waals surface area contributed by atoms with Crippen LogP contribution in [0.1, 0.15) is 55.0 Å². The number of carbonyl (C=O) groups excluding carboxylic acids is 1. The Labute approximate surface area is 167 Å². The van der Waals surface area contributed by atoms with Gasteiger partial charge in [-0.25, -0.2) is 14.5 Å². The monoisotopic (exact) mass is 395 g/mol. The van der Waals surface area contributed by atoms with Crippen molar-refractivity contribution in [3.63, 3.8) is 0 Å². The molecule has 0 radical (unpaired) electrons. The summed E-state index contributed by atoms with van der Waals surface area (Å²) in [5.74, 6) is 0.323. The molecule has 152 valence electrons. The number of H-pyrrole nitrogens is 1. The Morgan fingerprint density at radius 1 is 1.24 bits per heavy atom. The van der Waals surface area contributed by atoms with Crippen molar-refractivity contribution in [3.8, 4) is 0 Å². The average Bonchev–Trinajstić information content (AvgIpc) is 3.42. The van der Waals surface area contributed by atoms with Crippen LogP contribution in [-0.4, -0.2) is 53.3 Å². The fourth-order valence-electron chi connectivity index (χ4n) is 4.56. The van der Waals surface area contributed by atoms with Crippen molar-refractivity contribution in [2.75, 3.05) is 13.1 Å². The second-order valence-electron chi connectivity index (χ2n) is 8.04. The summed E-state index contributed by atoms with van der Waals surface area (Å²) in [6, 6.07) is 1.99. The molecule has 9 nitrogen and oxygen atoms in total. The van der Waals surface area contributed by atoms with Crippen LogP contribution in [0.3, 0.4) is 0 Å². The molecule has 0 unspecified atom stereocenters. The largest absolute Gasteiger partial charge is 0.342 e. The van der Waals surface area contributed by atoms with Gasteiger partial charge in [-0.15, -0.1) is 0 Å². The lowest BCUT2D eigenvalue weighted by atomic mass is 9.94. The van der Waals surface area contributed by atoms with E-state index in [1.807, 2.05) is 11.0 Å². The molecule has 29 heavy (non-hydrogen) atoms. The minimum absolute atomic E-state index is 0.0347. The van der Waals surface area contributed by atoms with Crippen LogP contribution in [0.2, 0.25) is 0 Å². The number of hydrogen-bond acceptors (Lipinski definition) is 5. The van der Waals surface area contributed by atoms with Gasteiger partial charge in [-0.3, -0.25) is 19.4 Å². The van der Waals surface area contributed by atoms with E-state index in [0.717, 1.165) is 62.0 Å². The molecule has 9 heteroatoms. The van der Waals surface area contributed by atoms with E-state index in [1.54, 1.807) is 15.5 Å². The van der Waals surface area contributed by atoms with Gasteiger partial charge in [0.1, 0.15) is 12.7 Å². The van der Waals surface area contributed by atoms with Crippen molar-refractivity contribution in [2.45, 2.75) is 57.4 Å². The number of aromatic nitrogens is 6. The maximum absolute atomic E-state index is 12.9. The zero-order chi connectivity index (χ0) is 19.8. The molecule has 3 aromatic rings. The van der Waals surface area contributed by atoms with Gasteiger partial charge >= 0.3 is 0 Å². The summed E-state index contributed by atoms with van der Waals surface area (Å²) in [5, 5.41) is 7.33. The average molecular weight is 395 g/mol. The minimum Gasteiger partial charge on any atom is -0.342 e. The molecule has 4 heterocycles. The third-order valence-electron chi connectivity index (χ3n) is 6.14. The van der Waals surface area contributed by atoms with Crippen molar-refractivity contribution in [1.29, 1.82) is 0 Å². The van der Waals surface area contributed by atoms with Crippen molar-refractivity contribution in [2.24, 2.45) is 0 Å². The molecule has 0 saturated carbocycles. The number of amides is 1. The molecule has 1 atom stereocenters. The lowest BCUT2D eigenvalue weighted by molar-refractivity contribution is -0.132. The van der Waals surface area contributed by atoms with Crippen LogP contribution in [0, 0.1) is 0 Å². The fourth-order valence-corrected chi connectivity index (χ4v) is 4.56. The van der Waals surface area contributed by atoms with E-state index in [1.165, 1.54) is 6.33 Å². The first-order valence-electron chi connectivity index (χ1n) is 10.4. The van der Waals surface area contributed by atoms with Crippen molar-refractivity contribution in [3.05, 3.63) is 46.0 Å². The number of aryl methyl sites for hydroxylation is 2. The predicted octanol–water partition coefficient (Wildman–Crippen LogP) is 1.29. The van der Waals surface area contributed by atoms with E-state index >= 15 is 0 Å². The Morgan fingerprint density at radius 2 is 2.14 bits per heavy atom. The Kier molecular flexibility index (Phi) is 4.65. The highest BCUT2D eigenvalue weighted by Crippen LogP contribution is 2.27. The number of carbonyl (C=O) groups is 1. The molecule has 1 saturated heterocycles. The maximum Gasteiger partial charge on any atom is 0.276 e. The van der Waals surface area contributed by atoms with Gasteiger partial charge < -0.3 is 4.90 Å². The van der Waals surface area contributed by atoms with Crippen LogP contribution < -0.4 is 5.56 Å². The smallest absolute Gasteiger partial charge is 0.276 e. The molecular weight excluding hydrogens is 370 g/mol. The maximum atomic E-state index is 12.9. The molecule has 3 aromatic heterocycles. The number of fused-ring (bicyclic) bond motifs is 2. The van der Waals surface area contributed by atoms with Crippen LogP contribution in [-0.2, 0) is 24.2 Å². The van der Waals surface area contributed by atoms with Crippen LogP contribution in [0.15, 0.2) is 23.5 Å². The van der Waals surface area contributed by atoms with Gasteiger partial charge in [0.2, 0.25) is 5.91 Å². The zero-order valence-electron chi connectivity index (χ0n) is 16.4. The Balaban J connectivity index is 1.33. The number of hydrogen-bond donors (Lipinski definition) is 1. The molecule has 1 amide bonds. The molecule has 0 spiro atoms. The van der Waals surface area contributed by atoms with E-state index in [2.05, 4.69) is 15.2 Å². The van der Waals surface area contributed by atoms with E-state index in [9.17, 15) is 9.59 Å². The topological polar surface area (TPSA) is 101 Å². The van der Waals surface area contributed by atoms with Crippen LogP contribution in [0.4, 0.5) is 0 Å². The SMILES string of the molecule is O=C(CCn1cncn1)N1CCC[C@@H](c2cc3nc4c(c(=O)n3[nH]2)CCCC4)C1. The zero-order valence-corrected chi connectivity index (χ0v) is 16.4. The van der Waals surface area contributed by atoms with Gasteiger partial charge in [0.25, 0.3) is 5.56 Å². The molecule has 0 aromatic carbocycles.